The topological polar surface area (TPSA) is 101 Å². The molecule has 25 heavy (non-hydrogen) atoms. The van der Waals surface area contributed by atoms with Gasteiger partial charge in [-0.15, -0.1) is 11.8 Å². The van der Waals surface area contributed by atoms with Gasteiger partial charge in [-0.05, 0) is 37.6 Å². The minimum absolute atomic E-state index is 0.106. The Bertz CT molecular complexity index is 806. The largest absolute Gasteiger partial charge is 0.272 e. The number of non-ortho nitro benzene ring substituents is 1. The van der Waals surface area contributed by atoms with Gasteiger partial charge in [-0.3, -0.25) is 30.6 Å². The molecule has 7 nitrogen and oxygen atoms in total. The molecule has 0 unspecified atom stereocenters. The van der Waals surface area contributed by atoms with E-state index in [0.29, 0.717) is 0 Å². The van der Waals surface area contributed by atoms with Gasteiger partial charge in [0.25, 0.3) is 11.6 Å². The normalized spacial score (nSPS) is 10.2. The number of nitrogens with zero attached hydrogens (tertiary/aromatic N) is 1. The molecule has 0 saturated heterocycles. The number of amides is 2. The Hall–Kier alpha value is -2.87. The van der Waals surface area contributed by atoms with Crippen molar-refractivity contribution in [3.63, 3.8) is 0 Å². The fourth-order valence-electron chi connectivity index (χ4n) is 1.98. The molecule has 0 heterocycles. The molecule has 0 atom stereocenters. The van der Waals surface area contributed by atoms with Crippen LogP contribution >= 0.6 is 11.8 Å². The third-order valence-corrected chi connectivity index (χ3v) is 4.52. The van der Waals surface area contributed by atoms with Gasteiger partial charge in [0.1, 0.15) is 0 Å². The molecule has 130 valence electrons. The third-order valence-electron chi connectivity index (χ3n) is 3.36. The maximum Gasteiger partial charge on any atom is 0.269 e. The molecule has 0 fully saturated rings. The second-order valence-corrected chi connectivity index (χ2v) is 6.38. The molecular weight excluding hydrogens is 342 g/mol. The number of carbonyl (C=O) groups excluding carboxylic acids is 2. The molecule has 0 spiro atoms. The second-order valence-electron chi connectivity index (χ2n) is 5.36. The maximum absolute atomic E-state index is 11.9. The van der Waals surface area contributed by atoms with E-state index in [0.717, 1.165) is 16.0 Å². The summed E-state index contributed by atoms with van der Waals surface area (Å²) in [5, 5.41) is 10.6. The van der Waals surface area contributed by atoms with Gasteiger partial charge in [0.15, 0.2) is 0 Å². The summed E-state index contributed by atoms with van der Waals surface area (Å²) >= 11 is 1.38. The quantitative estimate of drug-likeness (QED) is 0.486. The van der Waals surface area contributed by atoms with Crippen LogP contribution in [-0.4, -0.2) is 22.5 Å². The van der Waals surface area contributed by atoms with Crippen molar-refractivity contribution in [1.29, 1.82) is 0 Å². The second kappa shape index (κ2) is 8.29. The highest BCUT2D eigenvalue weighted by atomic mass is 32.2. The van der Waals surface area contributed by atoms with E-state index in [-0.39, 0.29) is 22.9 Å². The number of rotatable bonds is 5. The molecule has 0 bridgehead atoms. The minimum atomic E-state index is -0.548. The van der Waals surface area contributed by atoms with Gasteiger partial charge in [0.2, 0.25) is 5.91 Å². The van der Waals surface area contributed by atoms with Crippen molar-refractivity contribution in [2.45, 2.75) is 18.7 Å². The molecule has 0 saturated carbocycles. The number of nitro groups is 1. The first kappa shape index (κ1) is 18.5. The summed E-state index contributed by atoms with van der Waals surface area (Å²) in [6.07, 6.45) is 0. The lowest BCUT2D eigenvalue weighted by Crippen LogP contribution is -2.42. The number of aryl methyl sites for hydroxylation is 2. The number of benzene rings is 2. The Labute approximate surface area is 148 Å². The minimum Gasteiger partial charge on any atom is -0.272 e. The van der Waals surface area contributed by atoms with E-state index in [4.69, 9.17) is 0 Å². The van der Waals surface area contributed by atoms with Crippen molar-refractivity contribution in [2.75, 3.05) is 5.75 Å². The molecule has 0 aromatic heterocycles. The van der Waals surface area contributed by atoms with E-state index in [9.17, 15) is 19.7 Å². The number of hydrazine groups is 1. The fourth-order valence-corrected chi connectivity index (χ4v) is 2.90. The molecule has 8 heteroatoms. The molecule has 0 aliphatic heterocycles. The van der Waals surface area contributed by atoms with E-state index >= 15 is 0 Å². The first-order chi connectivity index (χ1) is 11.9. The van der Waals surface area contributed by atoms with Crippen molar-refractivity contribution < 1.29 is 14.5 Å². The molecular formula is C17H17N3O4S. The number of hydrogen-bond acceptors (Lipinski definition) is 5. The summed E-state index contributed by atoms with van der Waals surface area (Å²) in [5.41, 5.74) is 6.92. The van der Waals surface area contributed by atoms with Gasteiger partial charge in [-0.25, -0.2) is 0 Å². The van der Waals surface area contributed by atoms with E-state index in [1.807, 2.05) is 32.0 Å². The summed E-state index contributed by atoms with van der Waals surface area (Å²) < 4.78 is 0. The summed E-state index contributed by atoms with van der Waals surface area (Å²) in [6, 6.07) is 11.1. The highest BCUT2D eigenvalue weighted by molar-refractivity contribution is 8.00. The van der Waals surface area contributed by atoms with Crippen molar-refractivity contribution in [3.05, 3.63) is 69.3 Å². The predicted molar refractivity (Wildman–Crippen MR) is 95.3 cm³/mol. The SMILES string of the molecule is Cc1ccc(C)c(SCC(=O)NNC(=O)c2ccc([N+](=O)[O-])cc2)c1. The van der Waals surface area contributed by atoms with Crippen molar-refractivity contribution in [1.82, 2.24) is 10.9 Å². The Kier molecular flexibility index (Phi) is 6.13. The molecule has 2 amide bonds. The Morgan fingerprint density at radius 2 is 1.76 bits per heavy atom. The number of thioether (sulfide) groups is 1. The highest BCUT2D eigenvalue weighted by Crippen LogP contribution is 2.23. The van der Waals surface area contributed by atoms with E-state index in [1.165, 1.54) is 36.0 Å². The van der Waals surface area contributed by atoms with Crippen LogP contribution in [0.5, 0.6) is 0 Å². The predicted octanol–water partition coefficient (Wildman–Crippen LogP) is 2.76. The van der Waals surface area contributed by atoms with Crippen molar-refractivity contribution in [3.8, 4) is 0 Å². The van der Waals surface area contributed by atoms with Crippen LogP contribution in [0.3, 0.4) is 0 Å². The summed E-state index contributed by atoms with van der Waals surface area (Å²) in [6.45, 7) is 3.95. The van der Waals surface area contributed by atoms with Gasteiger partial charge in [0, 0.05) is 22.6 Å². The standard InChI is InChI=1S/C17H17N3O4S/c1-11-3-4-12(2)15(9-11)25-10-16(21)18-19-17(22)13-5-7-14(8-6-13)20(23)24/h3-9H,10H2,1-2H3,(H,18,21)(H,19,22). The summed E-state index contributed by atoms with van der Waals surface area (Å²) in [7, 11) is 0. The van der Waals surface area contributed by atoms with Crippen LogP contribution in [0.1, 0.15) is 21.5 Å². The smallest absolute Gasteiger partial charge is 0.269 e. The molecule has 2 aromatic carbocycles. The fraction of sp³-hybridized carbons (Fsp3) is 0.176. The van der Waals surface area contributed by atoms with E-state index < -0.39 is 10.8 Å². The van der Waals surface area contributed by atoms with Gasteiger partial charge < -0.3 is 0 Å². The lowest BCUT2D eigenvalue weighted by atomic mass is 10.2. The van der Waals surface area contributed by atoms with Gasteiger partial charge in [-0.2, -0.15) is 0 Å². The molecule has 0 radical (unpaired) electrons. The summed E-state index contributed by atoms with van der Waals surface area (Å²) in [4.78, 5) is 34.8. The lowest BCUT2D eigenvalue weighted by Gasteiger charge is -2.09. The molecule has 2 N–H and O–H groups in total. The molecule has 0 aliphatic rings. The average molecular weight is 359 g/mol. The first-order valence-corrected chi connectivity index (χ1v) is 8.39. The van der Waals surface area contributed by atoms with Crippen LogP contribution < -0.4 is 10.9 Å². The zero-order valence-corrected chi connectivity index (χ0v) is 14.6. The first-order valence-electron chi connectivity index (χ1n) is 7.40. The maximum atomic E-state index is 11.9. The van der Waals surface area contributed by atoms with Gasteiger partial charge >= 0.3 is 0 Å². The number of nitrogens with one attached hydrogen (secondary N) is 2. The Morgan fingerprint density at radius 1 is 1.08 bits per heavy atom. The van der Waals surface area contributed by atoms with Crippen LogP contribution in [0.2, 0.25) is 0 Å². The van der Waals surface area contributed by atoms with Crippen LogP contribution in [-0.2, 0) is 4.79 Å². The summed E-state index contributed by atoms with van der Waals surface area (Å²) in [5.74, 6) is -0.730. The number of nitro benzene ring substituents is 1. The monoisotopic (exact) mass is 359 g/mol. The molecule has 2 aromatic rings. The van der Waals surface area contributed by atoms with Gasteiger partial charge in [0.05, 0.1) is 10.7 Å². The highest BCUT2D eigenvalue weighted by Gasteiger charge is 2.11. The number of hydrogen-bond donors (Lipinski definition) is 2. The number of carbonyl (C=O) groups is 2. The zero-order valence-electron chi connectivity index (χ0n) is 13.7. The van der Waals surface area contributed by atoms with Crippen LogP contribution in [0.25, 0.3) is 0 Å². The Balaban J connectivity index is 1.84. The van der Waals surface area contributed by atoms with Gasteiger partial charge in [-0.1, -0.05) is 17.7 Å². The zero-order chi connectivity index (χ0) is 18.4. The average Bonchev–Trinajstić information content (AvgIpc) is 2.60. The van der Waals surface area contributed by atoms with Crippen LogP contribution in [0.15, 0.2) is 47.4 Å². The van der Waals surface area contributed by atoms with E-state index in [2.05, 4.69) is 10.9 Å². The van der Waals surface area contributed by atoms with Crippen LogP contribution in [0.4, 0.5) is 5.69 Å². The van der Waals surface area contributed by atoms with Crippen LogP contribution in [0, 0.1) is 24.0 Å². The van der Waals surface area contributed by atoms with Crippen molar-refractivity contribution in [2.24, 2.45) is 0 Å². The molecule has 2 rings (SSSR count). The van der Waals surface area contributed by atoms with Crippen molar-refractivity contribution >= 4 is 29.3 Å². The molecule has 0 aliphatic carbocycles. The third kappa shape index (κ3) is 5.32. The Morgan fingerprint density at radius 3 is 2.40 bits per heavy atom. The lowest BCUT2D eigenvalue weighted by molar-refractivity contribution is -0.384. The van der Waals surface area contributed by atoms with E-state index in [1.54, 1.807) is 0 Å².